The fourth-order valence-corrected chi connectivity index (χ4v) is 1.38. The normalized spacial score (nSPS) is 10.3. The molecule has 0 saturated carbocycles. The molecule has 0 radical (unpaired) electrons. The van der Waals surface area contributed by atoms with E-state index < -0.39 is 7.60 Å². The van der Waals surface area contributed by atoms with Crippen LogP contribution in [0, 0.1) is 0 Å². The van der Waals surface area contributed by atoms with Crippen molar-refractivity contribution in [2.24, 2.45) is 14.1 Å². The number of aromatic nitrogens is 4. The van der Waals surface area contributed by atoms with Crippen molar-refractivity contribution in [3.05, 3.63) is 37.4 Å². The Kier molecular flexibility index (Phi) is 9.65. The molecule has 0 N–H and O–H groups in total. The fraction of sp³-hybridized carbons (Fsp3) is 0.571. The third-order valence-electron chi connectivity index (χ3n) is 2.77. The Morgan fingerprint density at radius 1 is 0.909 bits per heavy atom. The average Bonchev–Trinajstić information content (AvgIpc) is 3.07. The summed E-state index contributed by atoms with van der Waals surface area (Å²) in [6.45, 7) is 7.68. The van der Waals surface area contributed by atoms with Crippen molar-refractivity contribution in [2.75, 3.05) is 6.16 Å². The Morgan fingerprint density at radius 3 is 1.32 bits per heavy atom. The molecular weight excluding hydrogens is 303 g/mol. The van der Waals surface area contributed by atoms with Crippen molar-refractivity contribution in [2.45, 2.75) is 33.9 Å². The topological polar surface area (TPSA) is 80.8 Å². The largest absolute Gasteiger partial charge is 0.811 e. The van der Waals surface area contributed by atoms with Gasteiger partial charge in [0.25, 0.3) is 0 Å². The number of hydrogen-bond donors (Lipinski definition) is 0. The van der Waals surface area contributed by atoms with Gasteiger partial charge in [-0.2, -0.15) is 0 Å². The Bertz CT molecular complexity index is 534. The first-order valence-corrected chi connectivity index (χ1v) is 8.97. The standard InChI is InChI=1S/2C6H11N2.C2H7O3P/c2*1-3-8-5-4-7(2)6-8;1-2-6(3,4)5/h2*4-6H,3H2,1-2H3;2H2,1H3,(H2,3,4,5)/q2*+1;/p-2. The van der Waals surface area contributed by atoms with E-state index in [-0.39, 0.29) is 6.16 Å². The van der Waals surface area contributed by atoms with E-state index in [0.29, 0.717) is 0 Å². The van der Waals surface area contributed by atoms with Gasteiger partial charge in [-0.3, -0.25) is 0 Å². The van der Waals surface area contributed by atoms with Gasteiger partial charge in [-0.15, -0.1) is 0 Å². The minimum Gasteiger partial charge on any atom is -0.811 e. The Balaban J connectivity index is 0.000000306. The van der Waals surface area contributed by atoms with E-state index >= 15 is 0 Å². The van der Waals surface area contributed by atoms with Crippen LogP contribution in [0.2, 0.25) is 0 Å². The summed E-state index contributed by atoms with van der Waals surface area (Å²) in [6, 6.07) is 0. The molecule has 22 heavy (non-hydrogen) atoms. The highest BCUT2D eigenvalue weighted by atomic mass is 31.2. The summed E-state index contributed by atoms with van der Waals surface area (Å²) in [5.74, 6) is 0. The maximum Gasteiger partial charge on any atom is 0.243 e. The van der Waals surface area contributed by atoms with Gasteiger partial charge >= 0.3 is 0 Å². The maximum absolute atomic E-state index is 9.47. The Morgan fingerprint density at radius 2 is 1.23 bits per heavy atom. The molecule has 2 aromatic rings. The first-order valence-electron chi connectivity index (χ1n) is 7.24. The molecule has 0 spiro atoms. The van der Waals surface area contributed by atoms with Crippen LogP contribution in [0.25, 0.3) is 0 Å². The molecule has 2 aromatic heterocycles. The third-order valence-corrected chi connectivity index (χ3v) is 3.54. The SMILES string of the molecule is CCP(=O)([O-])[O-].CCn1cc[n+](C)c1.CCn1cc[n+](C)c1. The predicted molar refractivity (Wildman–Crippen MR) is 80.7 cm³/mol. The molecule has 7 nitrogen and oxygen atoms in total. The molecule has 0 saturated heterocycles. The number of nitrogens with zero attached hydrogens (tertiary/aromatic N) is 4. The molecular formula is C14H27N4O3P. The van der Waals surface area contributed by atoms with Crippen molar-refractivity contribution in [3.63, 3.8) is 0 Å². The van der Waals surface area contributed by atoms with Gasteiger partial charge in [-0.25, -0.2) is 18.3 Å². The van der Waals surface area contributed by atoms with Gasteiger partial charge in [0.2, 0.25) is 12.7 Å². The van der Waals surface area contributed by atoms with E-state index in [4.69, 9.17) is 0 Å². The van der Waals surface area contributed by atoms with Gasteiger partial charge < -0.3 is 14.4 Å². The lowest BCUT2D eigenvalue weighted by Crippen LogP contribution is -2.23. The number of aryl methyl sites for hydroxylation is 4. The van der Waals surface area contributed by atoms with Crippen molar-refractivity contribution < 1.29 is 23.5 Å². The molecule has 0 fully saturated rings. The smallest absolute Gasteiger partial charge is 0.243 e. The van der Waals surface area contributed by atoms with Crippen molar-refractivity contribution in [3.8, 4) is 0 Å². The lowest BCUT2D eigenvalue weighted by atomic mass is 10.7. The molecule has 0 atom stereocenters. The van der Waals surface area contributed by atoms with Crippen LogP contribution in [0.15, 0.2) is 37.4 Å². The van der Waals surface area contributed by atoms with Crippen LogP contribution >= 0.6 is 7.60 Å². The highest BCUT2D eigenvalue weighted by Gasteiger charge is 1.93. The van der Waals surface area contributed by atoms with E-state index in [0.717, 1.165) is 13.1 Å². The van der Waals surface area contributed by atoms with Gasteiger partial charge in [-0.1, -0.05) is 14.5 Å². The molecule has 0 bridgehead atoms. The predicted octanol–water partition coefficient (Wildman–Crippen LogP) is -0.415. The van der Waals surface area contributed by atoms with E-state index in [1.807, 2.05) is 35.6 Å². The summed E-state index contributed by atoms with van der Waals surface area (Å²) >= 11 is 0. The molecule has 0 amide bonds. The molecule has 0 aliphatic heterocycles. The van der Waals surface area contributed by atoms with Gasteiger partial charge in [-0.05, 0) is 20.0 Å². The minimum absolute atomic E-state index is 0.285. The number of imidazole rings is 2. The highest BCUT2D eigenvalue weighted by Crippen LogP contribution is 2.19. The summed E-state index contributed by atoms with van der Waals surface area (Å²) in [5.41, 5.74) is 0. The second kappa shape index (κ2) is 10.3. The van der Waals surface area contributed by atoms with Crippen LogP contribution in [0.1, 0.15) is 20.8 Å². The minimum atomic E-state index is -4.15. The van der Waals surface area contributed by atoms with Crippen molar-refractivity contribution in [1.29, 1.82) is 0 Å². The van der Waals surface area contributed by atoms with Crippen molar-refractivity contribution >= 4 is 7.60 Å². The second-order valence-electron chi connectivity index (χ2n) is 4.75. The highest BCUT2D eigenvalue weighted by molar-refractivity contribution is 7.48. The Hall–Kier alpha value is -1.43. The van der Waals surface area contributed by atoms with Crippen LogP contribution in [-0.4, -0.2) is 15.3 Å². The van der Waals surface area contributed by atoms with E-state index in [9.17, 15) is 14.4 Å². The van der Waals surface area contributed by atoms with Gasteiger partial charge in [0.15, 0.2) is 0 Å². The molecule has 0 unspecified atom stereocenters. The van der Waals surface area contributed by atoms with E-state index in [2.05, 4.69) is 48.0 Å². The lowest BCUT2D eigenvalue weighted by molar-refractivity contribution is -0.671. The van der Waals surface area contributed by atoms with Gasteiger partial charge in [0.1, 0.15) is 24.8 Å². The van der Waals surface area contributed by atoms with Crippen LogP contribution in [0.4, 0.5) is 0 Å². The molecule has 0 aliphatic carbocycles. The summed E-state index contributed by atoms with van der Waals surface area (Å²) in [4.78, 5) is 18.9. The second-order valence-corrected chi connectivity index (χ2v) is 6.60. The number of rotatable bonds is 3. The molecule has 2 rings (SSSR count). The number of hydrogen-bond acceptors (Lipinski definition) is 3. The molecule has 126 valence electrons. The first kappa shape index (κ1) is 20.6. The molecule has 2 heterocycles. The summed E-state index contributed by atoms with van der Waals surface area (Å²) in [5, 5.41) is 0. The molecule has 0 aromatic carbocycles. The quantitative estimate of drug-likeness (QED) is 0.566. The van der Waals surface area contributed by atoms with Gasteiger partial charge in [0.05, 0.1) is 27.2 Å². The zero-order valence-electron chi connectivity index (χ0n) is 14.0. The van der Waals surface area contributed by atoms with Crippen LogP contribution in [0.5, 0.6) is 0 Å². The Labute approximate surface area is 132 Å². The monoisotopic (exact) mass is 330 g/mol. The van der Waals surface area contributed by atoms with Crippen molar-refractivity contribution in [1.82, 2.24) is 9.13 Å². The zero-order chi connectivity index (χ0) is 17.2. The van der Waals surface area contributed by atoms with Crippen LogP contribution in [0.3, 0.4) is 0 Å². The summed E-state index contributed by atoms with van der Waals surface area (Å²) in [7, 11) is -0.107. The van der Waals surface area contributed by atoms with Crippen LogP contribution in [-0.2, 0) is 31.7 Å². The zero-order valence-corrected chi connectivity index (χ0v) is 14.9. The van der Waals surface area contributed by atoms with E-state index in [1.54, 1.807) is 0 Å². The third kappa shape index (κ3) is 10.3. The lowest BCUT2D eigenvalue weighted by Gasteiger charge is -2.26. The summed E-state index contributed by atoms with van der Waals surface area (Å²) in [6.07, 6.45) is 12.0. The van der Waals surface area contributed by atoms with E-state index in [1.165, 1.54) is 6.92 Å². The maximum atomic E-state index is 9.47. The fourth-order valence-electron chi connectivity index (χ4n) is 1.38. The molecule has 8 heteroatoms. The first-order chi connectivity index (χ1) is 10.2. The van der Waals surface area contributed by atoms with Crippen LogP contribution < -0.4 is 18.9 Å². The average molecular weight is 330 g/mol. The summed E-state index contributed by atoms with van der Waals surface area (Å²) < 4.78 is 17.8. The van der Waals surface area contributed by atoms with Gasteiger partial charge in [0, 0.05) is 0 Å². The molecule has 0 aliphatic rings.